The van der Waals surface area contributed by atoms with E-state index >= 15 is 0 Å². The van der Waals surface area contributed by atoms with E-state index < -0.39 is 0 Å². The molecule has 0 aliphatic carbocycles. The summed E-state index contributed by atoms with van der Waals surface area (Å²) in [4.78, 5) is 19.2. The molecular formula is C45H40FN7. The third-order valence-corrected chi connectivity index (χ3v) is 6.92. The number of nitrogens with two attached hydrogens (primary N) is 2. The average Bonchev–Trinajstić information content (AvgIpc) is 3.15. The Morgan fingerprint density at radius 3 is 1.45 bits per heavy atom. The highest BCUT2D eigenvalue weighted by atomic mass is 19.1. The van der Waals surface area contributed by atoms with Gasteiger partial charge in [-0.1, -0.05) is 60.2 Å². The zero-order valence-corrected chi connectivity index (χ0v) is 30.4. The minimum absolute atomic E-state index is 0.304. The number of aromatic nitrogens is 3. The lowest BCUT2D eigenvalue weighted by molar-refractivity contribution is 0.627. The average molecular weight is 698 g/mol. The van der Waals surface area contributed by atoms with Gasteiger partial charge in [-0.2, -0.15) is 0 Å². The Morgan fingerprint density at radius 1 is 0.528 bits per heavy atom. The molecule has 0 bridgehead atoms. The molecule has 6 rings (SSSR count). The van der Waals surface area contributed by atoms with Crippen molar-refractivity contribution in [3.8, 4) is 35.5 Å². The van der Waals surface area contributed by atoms with E-state index in [1.807, 2.05) is 131 Å². The van der Waals surface area contributed by atoms with Crippen molar-refractivity contribution in [2.45, 2.75) is 20.8 Å². The van der Waals surface area contributed by atoms with Crippen LogP contribution in [0.25, 0.3) is 0 Å². The van der Waals surface area contributed by atoms with Gasteiger partial charge in [0.05, 0.1) is 23.4 Å². The second kappa shape index (κ2) is 19.8. The predicted octanol–water partition coefficient (Wildman–Crippen LogP) is 7.89. The minimum atomic E-state index is -0.304. The molecule has 4 N–H and O–H groups in total. The third-order valence-electron chi connectivity index (χ3n) is 6.92. The van der Waals surface area contributed by atoms with Gasteiger partial charge in [0.25, 0.3) is 0 Å². The van der Waals surface area contributed by atoms with Gasteiger partial charge in [0, 0.05) is 47.9 Å². The van der Waals surface area contributed by atoms with E-state index in [4.69, 9.17) is 11.5 Å². The largest absolute Gasteiger partial charge is 0.396 e. The van der Waals surface area contributed by atoms with Gasteiger partial charge in [0.1, 0.15) is 22.9 Å². The van der Waals surface area contributed by atoms with Crippen LogP contribution in [0.4, 0.5) is 21.5 Å². The molecule has 3 aromatic carbocycles. The molecule has 0 amide bonds. The van der Waals surface area contributed by atoms with Gasteiger partial charge < -0.3 is 16.4 Å². The molecule has 3 heterocycles. The standard InChI is InChI=1S/C17H17N3.C14H11FN2.C14H12N2/c1-14-9-11-16(18-13-20(2)3)17(19-14)12-10-15-7-5-4-6-8-15;1-10-5-7-13(16)14(17-10)8-6-11-3-2-4-12(15)9-11;1-11-7-9-13(15)14(16-11)10-8-12-5-3-2-4-6-12/h4-9,11,13H,1-3H3;2-5,7,9H,16H2,1H3;2-7,9H,15H2,1H3. The SMILES string of the molecule is Cc1ccc(N)c(C#Cc2cccc(F)c2)n1.Cc1ccc(N)c(C#Cc2ccccc2)n1.Cc1ccc(N=CN(C)C)c(C#Cc2ccccc2)n1. The Kier molecular flexibility index (Phi) is 14.4. The van der Waals surface area contributed by atoms with Crippen molar-refractivity contribution < 1.29 is 4.39 Å². The Bertz CT molecular complexity index is 2350. The number of rotatable bonds is 2. The summed E-state index contributed by atoms with van der Waals surface area (Å²) in [5.41, 5.74) is 20.6. The first-order chi connectivity index (χ1) is 25.5. The monoisotopic (exact) mass is 697 g/mol. The van der Waals surface area contributed by atoms with E-state index in [1.165, 1.54) is 12.1 Å². The number of halogens is 1. The highest BCUT2D eigenvalue weighted by molar-refractivity contribution is 5.64. The first-order valence-corrected chi connectivity index (χ1v) is 16.6. The molecular weight excluding hydrogens is 658 g/mol. The van der Waals surface area contributed by atoms with Gasteiger partial charge in [-0.15, -0.1) is 0 Å². The van der Waals surface area contributed by atoms with Crippen LogP contribution in [0, 0.1) is 62.1 Å². The molecule has 3 aromatic heterocycles. The van der Waals surface area contributed by atoms with Crippen molar-refractivity contribution in [1.29, 1.82) is 0 Å². The molecule has 7 nitrogen and oxygen atoms in total. The third kappa shape index (κ3) is 13.6. The highest BCUT2D eigenvalue weighted by Gasteiger charge is 2.01. The molecule has 0 saturated heterocycles. The molecule has 0 radical (unpaired) electrons. The summed E-state index contributed by atoms with van der Waals surface area (Å²) in [6, 6.07) is 36.9. The maximum atomic E-state index is 12.9. The Balaban J connectivity index is 0.000000179. The fraction of sp³-hybridized carbons (Fsp3) is 0.111. The van der Waals surface area contributed by atoms with Crippen LogP contribution < -0.4 is 11.5 Å². The Morgan fingerprint density at radius 2 is 0.962 bits per heavy atom. The molecule has 262 valence electrons. The topological polar surface area (TPSA) is 106 Å². The van der Waals surface area contributed by atoms with Gasteiger partial charge in [0.2, 0.25) is 0 Å². The summed E-state index contributed by atoms with van der Waals surface area (Å²) >= 11 is 0. The Labute approximate surface area is 311 Å². The molecule has 8 heteroatoms. The van der Waals surface area contributed by atoms with Crippen molar-refractivity contribution in [2.24, 2.45) is 4.99 Å². The molecule has 0 spiro atoms. The zero-order valence-electron chi connectivity index (χ0n) is 30.4. The molecule has 0 aliphatic rings. The zero-order chi connectivity index (χ0) is 38.0. The van der Waals surface area contributed by atoms with Gasteiger partial charge in [-0.05, 0) is 117 Å². The lowest BCUT2D eigenvalue weighted by Crippen LogP contribution is -2.07. The fourth-order valence-electron chi connectivity index (χ4n) is 4.26. The first kappa shape index (κ1) is 38.6. The quantitative estimate of drug-likeness (QED) is 0.108. The van der Waals surface area contributed by atoms with Crippen molar-refractivity contribution in [1.82, 2.24) is 19.9 Å². The lowest BCUT2D eigenvalue weighted by Gasteiger charge is -2.04. The Hall–Kier alpha value is -7.21. The summed E-state index contributed by atoms with van der Waals surface area (Å²) in [7, 11) is 3.86. The summed E-state index contributed by atoms with van der Waals surface area (Å²) < 4.78 is 12.9. The molecule has 0 unspecified atom stereocenters. The number of aryl methyl sites for hydroxylation is 3. The molecule has 6 aromatic rings. The van der Waals surface area contributed by atoms with Crippen LogP contribution in [0.1, 0.15) is 50.9 Å². The van der Waals surface area contributed by atoms with Gasteiger partial charge in [-0.3, -0.25) is 0 Å². The first-order valence-electron chi connectivity index (χ1n) is 16.6. The van der Waals surface area contributed by atoms with Gasteiger partial charge >= 0.3 is 0 Å². The number of hydrogen-bond acceptors (Lipinski definition) is 6. The van der Waals surface area contributed by atoms with Crippen LogP contribution in [0.2, 0.25) is 0 Å². The minimum Gasteiger partial charge on any atom is -0.396 e. The van der Waals surface area contributed by atoms with Crippen LogP contribution in [-0.4, -0.2) is 40.3 Å². The van der Waals surface area contributed by atoms with Crippen LogP contribution in [0.15, 0.2) is 126 Å². The molecule has 0 atom stereocenters. The van der Waals surface area contributed by atoms with Crippen LogP contribution in [0.3, 0.4) is 0 Å². The lowest BCUT2D eigenvalue weighted by atomic mass is 10.2. The van der Waals surface area contributed by atoms with Crippen LogP contribution in [0.5, 0.6) is 0 Å². The van der Waals surface area contributed by atoms with Crippen LogP contribution >= 0.6 is 0 Å². The van der Waals surface area contributed by atoms with E-state index in [0.717, 1.165) is 33.9 Å². The fourth-order valence-corrected chi connectivity index (χ4v) is 4.26. The van der Waals surface area contributed by atoms with Crippen LogP contribution in [-0.2, 0) is 0 Å². The second-order valence-electron chi connectivity index (χ2n) is 11.8. The molecule has 0 saturated carbocycles. The smallest absolute Gasteiger partial charge is 0.139 e. The number of hydrogen-bond donors (Lipinski definition) is 2. The number of aliphatic imine (C=N–C) groups is 1. The summed E-state index contributed by atoms with van der Waals surface area (Å²) in [6.45, 7) is 5.74. The van der Waals surface area contributed by atoms with Crippen molar-refractivity contribution >= 4 is 23.4 Å². The number of pyridine rings is 3. The summed E-state index contributed by atoms with van der Waals surface area (Å²) in [5.74, 6) is 17.6. The predicted molar refractivity (Wildman–Crippen MR) is 215 cm³/mol. The van der Waals surface area contributed by atoms with E-state index in [9.17, 15) is 4.39 Å². The normalized spacial score (nSPS) is 9.70. The maximum absolute atomic E-state index is 12.9. The second-order valence-corrected chi connectivity index (χ2v) is 11.8. The van der Waals surface area contributed by atoms with Crippen molar-refractivity contribution in [2.75, 3.05) is 25.6 Å². The van der Waals surface area contributed by atoms with Crippen molar-refractivity contribution in [3.05, 3.63) is 178 Å². The molecule has 53 heavy (non-hydrogen) atoms. The van der Waals surface area contributed by atoms with E-state index in [1.54, 1.807) is 24.5 Å². The number of anilines is 2. The number of benzene rings is 3. The molecule has 0 fully saturated rings. The summed E-state index contributed by atoms with van der Waals surface area (Å²) in [5, 5.41) is 0. The van der Waals surface area contributed by atoms with E-state index in [0.29, 0.717) is 34.0 Å². The number of nitrogen functional groups attached to an aromatic ring is 2. The maximum Gasteiger partial charge on any atom is 0.139 e. The summed E-state index contributed by atoms with van der Waals surface area (Å²) in [6.07, 6.45) is 1.75. The van der Waals surface area contributed by atoms with Crippen molar-refractivity contribution in [3.63, 3.8) is 0 Å². The molecule has 0 aliphatic heterocycles. The van der Waals surface area contributed by atoms with E-state index in [-0.39, 0.29) is 5.82 Å². The highest BCUT2D eigenvalue weighted by Crippen LogP contribution is 2.16. The van der Waals surface area contributed by atoms with Gasteiger partial charge in [-0.25, -0.2) is 24.3 Å². The number of nitrogens with zero attached hydrogens (tertiary/aromatic N) is 5. The van der Waals surface area contributed by atoms with Gasteiger partial charge in [0.15, 0.2) is 0 Å². The van der Waals surface area contributed by atoms with E-state index in [2.05, 4.69) is 55.5 Å².